The lowest BCUT2D eigenvalue weighted by Crippen LogP contribution is -2.39. The predicted octanol–water partition coefficient (Wildman–Crippen LogP) is 3.54. The Bertz CT molecular complexity index is 661. The number of hydrogen-bond acceptors (Lipinski definition) is 3. The number of ether oxygens (including phenoxy) is 1. The van der Waals surface area contributed by atoms with Crippen LogP contribution in [0.25, 0.3) is 0 Å². The van der Waals surface area contributed by atoms with Gasteiger partial charge in [-0.2, -0.15) is 0 Å². The fraction of sp³-hybridized carbons (Fsp3) is 0.350. The van der Waals surface area contributed by atoms with Crippen LogP contribution in [0.4, 0.5) is 0 Å². The number of halogens is 1. The molecule has 3 rings (SSSR count). The number of carbonyl (C=O) groups excluding carboxylic acids is 1. The standard InChI is InChI=1S/C20H24N2O2.ClH/c21-13-17-7-4-8-19(17)22-20(23)16-9-11-18(12-10-16)24-14-15-5-2-1-3-6-15;/h1-3,5-6,9-12,17,19H,4,7-8,13-14,21H2,(H,22,23);1H. The molecule has 0 aliphatic heterocycles. The van der Waals surface area contributed by atoms with Crippen LogP contribution in [0.15, 0.2) is 54.6 Å². The fourth-order valence-corrected chi connectivity index (χ4v) is 3.20. The minimum atomic E-state index is -0.0324. The third-order valence-corrected chi connectivity index (χ3v) is 4.64. The Hall–Kier alpha value is -2.04. The van der Waals surface area contributed by atoms with Gasteiger partial charge in [0.15, 0.2) is 0 Å². The lowest BCUT2D eigenvalue weighted by Gasteiger charge is -2.19. The van der Waals surface area contributed by atoms with Crippen molar-refractivity contribution in [3.63, 3.8) is 0 Å². The molecule has 2 unspecified atom stereocenters. The first-order chi connectivity index (χ1) is 11.8. The molecule has 1 amide bonds. The van der Waals surface area contributed by atoms with E-state index in [9.17, 15) is 4.79 Å². The van der Waals surface area contributed by atoms with Crippen molar-refractivity contribution in [1.29, 1.82) is 0 Å². The monoisotopic (exact) mass is 360 g/mol. The minimum absolute atomic E-state index is 0. The van der Waals surface area contributed by atoms with Crippen molar-refractivity contribution in [3.8, 4) is 5.75 Å². The van der Waals surface area contributed by atoms with Crippen LogP contribution in [0.2, 0.25) is 0 Å². The molecule has 5 heteroatoms. The lowest BCUT2D eigenvalue weighted by molar-refractivity contribution is 0.0928. The zero-order valence-corrected chi connectivity index (χ0v) is 15.0. The number of rotatable bonds is 6. The van der Waals surface area contributed by atoms with Crippen LogP contribution in [0.5, 0.6) is 5.75 Å². The minimum Gasteiger partial charge on any atom is -0.489 e. The summed E-state index contributed by atoms with van der Waals surface area (Å²) in [5, 5.41) is 3.11. The van der Waals surface area contributed by atoms with Crippen LogP contribution in [0, 0.1) is 5.92 Å². The molecule has 0 aromatic heterocycles. The van der Waals surface area contributed by atoms with E-state index in [0.717, 1.165) is 30.6 Å². The summed E-state index contributed by atoms with van der Waals surface area (Å²) in [4.78, 5) is 12.4. The fourth-order valence-electron chi connectivity index (χ4n) is 3.20. The van der Waals surface area contributed by atoms with Gasteiger partial charge in [0, 0.05) is 11.6 Å². The molecular formula is C20H25ClN2O2. The van der Waals surface area contributed by atoms with Crippen molar-refractivity contribution < 1.29 is 9.53 Å². The molecule has 2 aromatic rings. The number of benzene rings is 2. The zero-order chi connectivity index (χ0) is 16.8. The summed E-state index contributed by atoms with van der Waals surface area (Å²) in [5.41, 5.74) is 7.55. The van der Waals surface area contributed by atoms with Crippen LogP contribution in [0.3, 0.4) is 0 Å². The van der Waals surface area contributed by atoms with Gasteiger partial charge < -0.3 is 15.8 Å². The van der Waals surface area contributed by atoms with Crippen LogP contribution >= 0.6 is 12.4 Å². The highest BCUT2D eigenvalue weighted by Gasteiger charge is 2.27. The van der Waals surface area contributed by atoms with Gasteiger partial charge in [0.05, 0.1) is 0 Å². The second-order valence-corrected chi connectivity index (χ2v) is 6.31. The summed E-state index contributed by atoms with van der Waals surface area (Å²) in [5.74, 6) is 1.13. The zero-order valence-electron chi connectivity index (χ0n) is 14.2. The van der Waals surface area contributed by atoms with E-state index in [4.69, 9.17) is 10.5 Å². The Labute approximate surface area is 155 Å². The van der Waals surface area contributed by atoms with Crippen molar-refractivity contribution in [2.75, 3.05) is 6.54 Å². The Kier molecular flexibility index (Phi) is 7.29. The molecule has 1 aliphatic rings. The van der Waals surface area contributed by atoms with Gasteiger partial charge in [0.2, 0.25) is 0 Å². The van der Waals surface area contributed by atoms with Crippen molar-refractivity contribution >= 4 is 18.3 Å². The van der Waals surface area contributed by atoms with Crippen molar-refractivity contribution in [1.82, 2.24) is 5.32 Å². The van der Waals surface area contributed by atoms with Crippen molar-refractivity contribution in [2.24, 2.45) is 11.7 Å². The van der Waals surface area contributed by atoms with Gasteiger partial charge in [0.25, 0.3) is 5.91 Å². The Morgan fingerprint density at radius 3 is 2.48 bits per heavy atom. The summed E-state index contributed by atoms with van der Waals surface area (Å²) in [6.45, 7) is 1.16. The average molecular weight is 361 g/mol. The first-order valence-corrected chi connectivity index (χ1v) is 8.54. The summed E-state index contributed by atoms with van der Waals surface area (Å²) in [6.07, 6.45) is 3.26. The van der Waals surface area contributed by atoms with Gasteiger partial charge in [-0.25, -0.2) is 0 Å². The molecule has 3 N–H and O–H groups in total. The maximum Gasteiger partial charge on any atom is 0.251 e. The van der Waals surface area contributed by atoms with Crippen LogP contribution < -0.4 is 15.8 Å². The average Bonchev–Trinajstić information content (AvgIpc) is 3.08. The summed E-state index contributed by atoms with van der Waals surface area (Å²) in [6, 6.07) is 17.5. The van der Waals surface area contributed by atoms with E-state index in [1.165, 1.54) is 0 Å². The van der Waals surface area contributed by atoms with Crippen molar-refractivity contribution in [3.05, 3.63) is 65.7 Å². The van der Waals surface area contributed by atoms with E-state index in [1.807, 2.05) is 54.6 Å². The number of nitrogens with two attached hydrogens (primary N) is 1. The molecule has 1 saturated carbocycles. The molecule has 25 heavy (non-hydrogen) atoms. The van der Waals surface area contributed by atoms with E-state index in [2.05, 4.69) is 5.32 Å². The largest absolute Gasteiger partial charge is 0.489 e. The van der Waals surface area contributed by atoms with E-state index >= 15 is 0 Å². The van der Waals surface area contributed by atoms with E-state index < -0.39 is 0 Å². The molecule has 2 aromatic carbocycles. The molecule has 134 valence electrons. The third kappa shape index (κ3) is 5.21. The maximum absolute atomic E-state index is 12.4. The molecule has 0 spiro atoms. The van der Waals surface area contributed by atoms with Crippen molar-refractivity contribution in [2.45, 2.75) is 31.9 Å². The number of hydrogen-bond donors (Lipinski definition) is 2. The predicted molar refractivity (Wildman–Crippen MR) is 102 cm³/mol. The molecule has 0 heterocycles. The van der Waals surface area contributed by atoms with Crippen LogP contribution in [-0.4, -0.2) is 18.5 Å². The third-order valence-electron chi connectivity index (χ3n) is 4.64. The summed E-state index contributed by atoms with van der Waals surface area (Å²) >= 11 is 0. The molecule has 1 fully saturated rings. The van der Waals surface area contributed by atoms with Crippen LogP contribution in [-0.2, 0) is 6.61 Å². The Morgan fingerprint density at radius 1 is 1.08 bits per heavy atom. The second-order valence-electron chi connectivity index (χ2n) is 6.31. The first kappa shape index (κ1) is 19.3. The Balaban J connectivity index is 0.00000225. The highest BCUT2D eigenvalue weighted by atomic mass is 35.5. The SMILES string of the molecule is Cl.NCC1CCCC1NC(=O)c1ccc(OCc2ccccc2)cc1. The van der Waals surface area contributed by atoms with E-state index in [-0.39, 0.29) is 24.4 Å². The highest BCUT2D eigenvalue weighted by Crippen LogP contribution is 2.25. The molecule has 1 aliphatic carbocycles. The Morgan fingerprint density at radius 2 is 1.80 bits per heavy atom. The van der Waals surface area contributed by atoms with Gasteiger partial charge in [-0.15, -0.1) is 12.4 Å². The smallest absolute Gasteiger partial charge is 0.251 e. The molecule has 0 saturated heterocycles. The molecule has 4 nitrogen and oxygen atoms in total. The topological polar surface area (TPSA) is 64.3 Å². The van der Waals surface area contributed by atoms with Gasteiger partial charge in [-0.1, -0.05) is 36.8 Å². The maximum atomic E-state index is 12.4. The number of carbonyl (C=O) groups is 1. The van der Waals surface area contributed by atoms with Gasteiger partial charge in [0.1, 0.15) is 12.4 Å². The lowest BCUT2D eigenvalue weighted by atomic mass is 10.0. The van der Waals surface area contributed by atoms with Gasteiger partial charge in [-0.05, 0) is 55.1 Å². The van der Waals surface area contributed by atoms with E-state index in [0.29, 0.717) is 24.6 Å². The molecule has 0 bridgehead atoms. The molecule has 0 radical (unpaired) electrons. The number of nitrogens with one attached hydrogen (secondary N) is 1. The number of amides is 1. The van der Waals surface area contributed by atoms with E-state index in [1.54, 1.807) is 0 Å². The second kappa shape index (κ2) is 9.44. The van der Waals surface area contributed by atoms with Gasteiger partial charge in [-0.3, -0.25) is 4.79 Å². The molecule has 2 atom stereocenters. The summed E-state index contributed by atoms with van der Waals surface area (Å²) < 4.78 is 5.75. The van der Waals surface area contributed by atoms with Crippen LogP contribution in [0.1, 0.15) is 35.2 Å². The van der Waals surface area contributed by atoms with Gasteiger partial charge >= 0.3 is 0 Å². The highest BCUT2D eigenvalue weighted by molar-refractivity contribution is 5.94. The first-order valence-electron chi connectivity index (χ1n) is 8.54. The quantitative estimate of drug-likeness (QED) is 0.828. The normalized spacial score (nSPS) is 19.1. The summed E-state index contributed by atoms with van der Waals surface area (Å²) in [7, 11) is 0. The molecular weight excluding hydrogens is 336 g/mol.